The molecular weight excluding hydrogens is 440 g/mol. The third-order valence-electron chi connectivity index (χ3n) is 7.16. The summed E-state index contributed by atoms with van der Waals surface area (Å²) in [7, 11) is 0. The fraction of sp³-hybridized carbons (Fsp3) is 0.241. The van der Waals surface area contributed by atoms with Crippen molar-refractivity contribution >= 4 is 45.9 Å². The van der Waals surface area contributed by atoms with E-state index in [1.54, 1.807) is 11.3 Å². The summed E-state index contributed by atoms with van der Waals surface area (Å²) in [5, 5.41) is 1.06. The van der Waals surface area contributed by atoms with Crippen LogP contribution < -0.4 is 9.47 Å². The molecule has 2 atom stereocenters. The van der Waals surface area contributed by atoms with Gasteiger partial charge in [0.05, 0.1) is 0 Å². The van der Waals surface area contributed by atoms with E-state index >= 15 is 0 Å². The molecule has 2 unspecified atom stereocenters. The Kier molecular flexibility index (Phi) is 5.63. The molecule has 170 valence electrons. The third kappa shape index (κ3) is 3.80. The Balaban J connectivity index is 1.31. The number of aromatic nitrogens is 1. The van der Waals surface area contributed by atoms with Crippen molar-refractivity contribution in [1.82, 2.24) is 0 Å². The lowest BCUT2D eigenvalue weighted by Gasteiger charge is -2.27. The summed E-state index contributed by atoms with van der Waals surface area (Å²) in [6, 6.07) is 26.6. The normalized spacial score (nSPS) is 19.0. The van der Waals surface area contributed by atoms with E-state index < -0.39 is 0 Å². The van der Waals surface area contributed by atoms with Gasteiger partial charge in [0.15, 0.2) is 0 Å². The van der Waals surface area contributed by atoms with E-state index in [9.17, 15) is 4.79 Å². The van der Waals surface area contributed by atoms with Gasteiger partial charge in [-0.2, -0.15) is 0 Å². The van der Waals surface area contributed by atoms with Gasteiger partial charge in [-0.3, -0.25) is 4.79 Å². The maximum absolute atomic E-state index is 10.8. The van der Waals surface area contributed by atoms with Crippen LogP contribution in [0.3, 0.4) is 0 Å². The molecule has 0 saturated heterocycles. The van der Waals surface area contributed by atoms with Crippen LogP contribution in [0, 0.1) is 0 Å². The minimum Gasteiger partial charge on any atom is -0.407 e. The lowest BCUT2D eigenvalue weighted by molar-refractivity contribution is -0.700. The van der Waals surface area contributed by atoms with Gasteiger partial charge in [-0.15, -0.1) is 4.57 Å². The van der Waals surface area contributed by atoms with E-state index in [0.717, 1.165) is 17.1 Å². The van der Waals surface area contributed by atoms with Crippen LogP contribution >= 0.6 is 11.3 Å². The Bertz CT molecular complexity index is 1360. The van der Waals surface area contributed by atoms with Crippen molar-refractivity contribution in [2.45, 2.75) is 44.5 Å². The van der Waals surface area contributed by atoms with Gasteiger partial charge in [-0.1, -0.05) is 66.3 Å². The smallest absolute Gasteiger partial charge is 0.297 e. The van der Waals surface area contributed by atoms with Crippen molar-refractivity contribution in [2.75, 3.05) is 4.90 Å². The van der Waals surface area contributed by atoms with Crippen LogP contribution in [0.25, 0.3) is 22.4 Å². The lowest BCUT2D eigenvalue weighted by Crippen LogP contribution is -2.36. The van der Waals surface area contributed by atoms with Crippen molar-refractivity contribution in [3.63, 3.8) is 0 Å². The zero-order valence-corrected chi connectivity index (χ0v) is 19.8. The Morgan fingerprint density at radius 3 is 2.74 bits per heavy atom. The topological polar surface area (TPSA) is 33.4 Å². The molecule has 1 fully saturated rings. The number of benzene rings is 3. The predicted octanol–water partition coefficient (Wildman–Crippen LogP) is 6.15. The molecule has 0 spiro atoms. The van der Waals surface area contributed by atoms with E-state index in [4.69, 9.17) is 4.74 Å². The highest BCUT2D eigenvalue weighted by atomic mass is 32.1. The second-order valence-corrected chi connectivity index (χ2v) is 10.2. The summed E-state index contributed by atoms with van der Waals surface area (Å²) in [5.74, 6) is 0.627. The Morgan fingerprint density at radius 2 is 1.85 bits per heavy atom. The number of hydrogen-bond acceptors (Lipinski definition) is 4. The lowest BCUT2D eigenvalue weighted by atomic mass is 9.96. The zero-order valence-electron chi connectivity index (χ0n) is 19.0. The SMILES string of the molecule is O=COC[n+]1c(/C=C/c2ccc3c(c2)C2CCCC2N3Cc2ccccc2)sc2ccccc21. The van der Waals surface area contributed by atoms with E-state index in [0.29, 0.717) is 18.4 Å². The predicted molar refractivity (Wildman–Crippen MR) is 138 cm³/mol. The molecule has 4 nitrogen and oxygen atoms in total. The highest BCUT2D eigenvalue weighted by Gasteiger charge is 2.41. The molecule has 5 heteroatoms. The molecule has 2 heterocycles. The molecule has 0 amide bonds. The van der Waals surface area contributed by atoms with Crippen LogP contribution in [0.4, 0.5) is 5.69 Å². The first-order valence-electron chi connectivity index (χ1n) is 11.9. The highest BCUT2D eigenvalue weighted by molar-refractivity contribution is 7.18. The molecule has 6 rings (SSSR count). The molecule has 3 aromatic carbocycles. The summed E-state index contributed by atoms with van der Waals surface area (Å²) in [6.45, 7) is 1.70. The maximum atomic E-state index is 10.8. The molecule has 0 N–H and O–H groups in total. The van der Waals surface area contributed by atoms with Crippen LogP contribution in [-0.4, -0.2) is 12.5 Å². The number of anilines is 1. The number of hydrogen-bond donors (Lipinski definition) is 0. The fourth-order valence-electron chi connectivity index (χ4n) is 5.66. The number of thiazole rings is 1. The molecule has 2 aliphatic rings. The highest BCUT2D eigenvalue weighted by Crippen LogP contribution is 2.50. The van der Waals surface area contributed by atoms with Crippen molar-refractivity contribution in [2.24, 2.45) is 0 Å². The van der Waals surface area contributed by atoms with Crippen molar-refractivity contribution in [3.8, 4) is 0 Å². The molecule has 1 aromatic heterocycles. The first-order valence-corrected chi connectivity index (χ1v) is 12.7. The first kappa shape index (κ1) is 21.1. The number of fused-ring (bicyclic) bond motifs is 4. The molecule has 1 aliphatic heterocycles. The first-order chi connectivity index (χ1) is 16.8. The van der Waals surface area contributed by atoms with Gasteiger partial charge in [0.25, 0.3) is 18.2 Å². The van der Waals surface area contributed by atoms with E-state index in [1.165, 1.54) is 46.3 Å². The summed E-state index contributed by atoms with van der Waals surface area (Å²) in [4.78, 5) is 13.4. The second kappa shape index (κ2) is 9.07. The van der Waals surface area contributed by atoms with Crippen LogP contribution in [-0.2, 0) is 22.8 Å². The number of carbonyl (C=O) groups excluding carboxylic acids is 1. The van der Waals surface area contributed by atoms with Gasteiger partial charge in [0, 0.05) is 36.3 Å². The second-order valence-electron chi connectivity index (χ2n) is 9.10. The molecule has 0 radical (unpaired) electrons. The van der Waals surface area contributed by atoms with Crippen LogP contribution in [0.5, 0.6) is 0 Å². The number of ether oxygens (including phenoxy) is 1. The summed E-state index contributed by atoms with van der Waals surface area (Å²) in [5.41, 5.74) is 6.55. The summed E-state index contributed by atoms with van der Waals surface area (Å²) < 4.78 is 8.32. The van der Waals surface area contributed by atoms with Crippen molar-refractivity contribution in [1.29, 1.82) is 0 Å². The van der Waals surface area contributed by atoms with Crippen molar-refractivity contribution < 1.29 is 14.1 Å². The van der Waals surface area contributed by atoms with Gasteiger partial charge >= 0.3 is 0 Å². The van der Waals surface area contributed by atoms with Gasteiger partial charge < -0.3 is 9.64 Å². The number of nitrogens with zero attached hydrogens (tertiary/aromatic N) is 2. The Morgan fingerprint density at radius 1 is 1.00 bits per heavy atom. The van der Waals surface area contributed by atoms with Gasteiger partial charge in [-0.25, -0.2) is 0 Å². The zero-order chi connectivity index (χ0) is 22.9. The largest absolute Gasteiger partial charge is 0.407 e. The number of rotatable bonds is 7. The molecule has 1 aliphatic carbocycles. The van der Waals surface area contributed by atoms with Crippen molar-refractivity contribution in [3.05, 3.63) is 94.5 Å². The average Bonchev–Trinajstić information content (AvgIpc) is 3.56. The third-order valence-corrected chi connectivity index (χ3v) is 8.29. The number of carbonyl (C=O) groups is 1. The average molecular weight is 468 g/mol. The van der Waals surface area contributed by atoms with Crippen LogP contribution in [0.2, 0.25) is 0 Å². The molecular formula is C29H27N2O2S+. The minimum atomic E-state index is 0.218. The maximum Gasteiger partial charge on any atom is 0.297 e. The Hall–Kier alpha value is -3.44. The Labute approximate surface area is 203 Å². The monoisotopic (exact) mass is 467 g/mol. The number of para-hydroxylation sites is 1. The fourth-order valence-corrected chi connectivity index (χ4v) is 6.71. The molecule has 34 heavy (non-hydrogen) atoms. The van der Waals surface area contributed by atoms with Gasteiger partial charge in [0.2, 0.25) is 5.52 Å². The van der Waals surface area contributed by atoms with Gasteiger partial charge in [-0.05, 0) is 53.8 Å². The van der Waals surface area contributed by atoms with Crippen LogP contribution in [0.1, 0.15) is 46.9 Å². The van der Waals surface area contributed by atoms with Crippen LogP contribution in [0.15, 0.2) is 72.8 Å². The summed E-state index contributed by atoms with van der Waals surface area (Å²) >= 11 is 1.71. The quantitative estimate of drug-likeness (QED) is 0.242. The standard InChI is InChI=1S/C29H27N2O2S/c32-20-33-19-31-27-10-4-5-12-28(27)34-29(31)16-14-21-13-15-26-24(17-21)23-9-6-11-25(23)30(26)18-22-7-2-1-3-8-22/h1-5,7-8,10,12-17,20,23,25H,6,9,11,18-19H2/q+1. The van der Waals surface area contributed by atoms with E-state index in [-0.39, 0.29) is 6.73 Å². The molecule has 1 saturated carbocycles. The van der Waals surface area contributed by atoms with Gasteiger partial charge in [0.1, 0.15) is 4.70 Å². The minimum absolute atomic E-state index is 0.218. The van der Waals surface area contributed by atoms with E-state index in [2.05, 4.69) is 77.7 Å². The molecule has 4 aromatic rings. The van der Waals surface area contributed by atoms with E-state index in [1.807, 2.05) is 16.7 Å². The summed E-state index contributed by atoms with van der Waals surface area (Å²) in [6.07, 6.45) is 8.18. The molecule has 0 bridgehead atoms.